The third-order valence-corrected chi connectivity index (χ3v) is 2.99. The van der Waals surface area contributed by atoms with Gasteiger partial charge in [-0.25, -0.2) is 0 Å². The van der Waals surface area contributed by atoms with Crippen LogP contribution in [0.2, 0.25) is 0 Å². The normalized spacial score (nSPS) is 10.2. The van der Waals surface area contributed by atoms with Crippen LogP contribution in [0.3, 0.4) is 0 Å². The van der Waals surface area contributed by atoms with Crippen molar-refractivity contribution in [3.05, 3.63) is 30.3 Å². The quantitative estimate of drug-likeness (QED) is 0.483. The first-order chi connectivity index (χ1) is 6.43. The molecule has 0 spiro atoms. The largest absolute Gasteiger partial charge is 0.126 e. The number of benzene rings is 1. The van der Waals surface area contributed by atoms with E-state index in [2.05, 4.69) is 25.1 Å². The van der Waals surface area contributed by atoms with E-state index in [0.717, 1.165) is 0 Å². The highest BCUT2D eigenvalue weighted by Gasteiger charge is 1.92. The summed E-state index contributed by atoms with van der Waals surface area (Å²) in [7, 11) is 0. The highest BCUT2D eigenvalue weighted by molar-refractivity contribution is 7.99. The maximum absolute atomic E-state index is 3.22. The molecule has 0 amide bonds. The zero-order chi connectivity index (χ0) is 9.36. The molecule has 0 aliphatic carbocycles. The Morgan fingerprint density at radius 1 is 1.23 bits per heavy atom. The van der Waals surface area contributed by atoms with E-state index in [1.165, 1.54) is 36.3 Å². The van der Waals surface area contributed by atoms with E-state index in [-0.39, 0.29) is 0 Å². The van der Waals surface area contributed by atoms with E-state index < -0.39 is 0 Å². The number of unbranched alkanes of at least 4 members (excludes halogenated alkanes) is 3. The molecule has 0 saturated heterocycles. The van der Waals surface area contributed by atoms with Crippen molar-refractivity contribution in [1.82, 2.24) is 0 Å². The third-order valence-electron chi connectivity index (χ3n) is 1.94. The Morgan fingerprint density at radius 2 is 2.15 bits per heavy atom. The molecule has 0 fully saturated rings. The SMILES string of the molecule is CCCCCCSc1[c]cccc1. The molecule has 0 nitrogen and oxygen atoms in total. The minimum absolute atomic E-state index is 1.24. The second kappa shape index (κ2) is 7.02. The molecule has 1 aromatic carbocycles. The molecule has 1 radical (unpaired) electrons. The average molecular weight is 193 g/mol. The summed E-state index contributed by atoms with van der Waals surface area (Å²) in [5, 5.41) is 0. The Morgan fingerprint density at radius 3 is 2.85 bits per heavy atom. The number of rotatable bonds is 6. The van der Waals surface area contributed by atoms with Gasteiger partial charge in [-0.1, -0.05) is 44.4 Å². The molecular formula is C12H17S. The van der Waals surface area contributed by atoms with Crippen LogP contribution in [-0.4, -0.2) is 5.75 Å². The number of thioether (sulfide) groups is 1. The minimum Gasteiger partial charge on any atom is -0.126 e. The van der Waals surface area contributed by atoms with Crippen LogP contribution in [-0.2, 0) is 0 Å². The fourth-order valence-corrected chi connectivity index (χ4v) is 2.07. The topological polar surface area (TPSA) is 0 Å². The maximum Gasteiger partial charge on any atom is 0.0151 e. The Labute approximate surface area is 85.7 Å². The molecule has 1 aromatic rings. The van der Waals surface area contributed by atoms with Crippen molar-refractivity contribution >= 4 is 11.8 Å². The average Bonchev–Trinajstić information content (AvgIpc) is 2.19. The molecule has 13 heavy (non-hydrogen) atoms. The van der Waals surface area contributed by atoms with Gasteiger partial charge in [-0.05, 0) is 24.3 Å². The molecule has 1 rings (SSSR count). The molecule has 1 heteroatoms. The van der Waals surface area contributed by atoms with Gasteiger partial charge in [-0.2, -0.15) is 0 Å². The summed E-state index contributed by atoms with van der Waals surface area (Å²) in [5.41, 5.74) is 0. The van der Waals surface area contributed by atoms with Gasteiger partial charge in [-0.3, -0.25) is 0 Å². The number of hydrogen-bond donors (Lipinski definition) is 0. The molecule has 0 unspecified atom stereocenters. The zero-order valence-electron chi connectivity index (χ0n) is 8.25. The summed E-state index contributed by atoms with van der Waals surface area (Å²) in [6.45, 7) is 2.25. The van der Waals surface area contributed by atoms with E-state index in [4.69, 9.17) is 0 Å². The Bertz CT molecular complexity index is 206. The predicted octanol–water partition coefficient (Wildman–Crippen LogP) is 4.16. The summed E-state index contributed by atoms with van der Waals surface area (Å²) in [4.78, 5) is 1.28. The van der Waals surface area contributed by atoms with E-state index in [1.807, 2.05) is 23.9 Å². The first-order valence-electron chi connectivity index (χ1n) is 5.03. The summed E-state index contributed by atoms with van der Waals surface area (Å²) >= 11 is 1.92. The smallest absolute Gasteiger partial charge is 0.0151 e. The maximum atomic E-state index is 3.22. The summed E-state index contributed by atoms with van der Waals surface area (Å²) < 4.78 is 0. The van der Waals surface area contributed by atoms with Gasteiger partial charge >= 0.3 is 0 Å². The molecule has 0 atom stereocenters. The molecule has 0 saturated carbocycles. The first-order valence-corrected chi connectivity index (χ1v) is 6.01. The van der Waals surface area contributed by atoms with E-state index >= 15 is 0 Å². The van der Waals surface area contributed by atoms with Crippen LogP contribution in [0.1, 0.15) is 32.6 Å². The van der Waals surface area contributed by atoms with Crippen molar-refractivity contribution in [3.63, 3.8) is 0 Å². The number of hydrogen-bond acceptors (Lipinski definition) is 1. The van der Waals surface area contributed by atoms with Crippen molar-refractivity contribution in [2.24, 2.45) is 0 Å². The van der Waals surface area contributed by atoms with Crippen LogP contribution in [0, 0.1) is 6.07 Å². The molecule has 0 bridgehead atoms. The van der Waals surface area contributed by atoms with Crippen molar-refractivity contribution in [1.29, 1.82) is 0 Å². The Kier molecular flexibility index (Phi) is 5.75. The van der Waals surface area contributed by atoms with Crippen LogP contribution in [0.25, 0.3) is 0 Å². The second-order valence-corrected chi connectivity index (χ2v) is 4.27. The van der Waals surface area contributed by atoms with E-state index in [9.17, 15) is 0 Å². The minimum atomic E-state index is 1.24. The lowest BCUT2D eigenvalue weighted by atomic mass is 10.2. The monoisotopic (exact) mass is 193 g/mol. The van der Waals surface area contributed by atoms with Gasteiger partial charge < -0.3 is 0 Å². The van der Waals surface area contributed by atoms with Crippen LogP contribution in [0.4, 0.5) is 0 Å². The van der Waals surface area contributed by atoms with Crippen molar-refractivity contribution < 1.29 is 0 Å². The van der Waals surface area contributed by atoms with Crippen LogP contribution < -0.4 is 0 Å². The molecule has 0 aliphatic rings. The lowest BCUT2D eigenvalue weighted by Gasteiger charge is -1.99. The summed E-state index contributed by atoms with van der Waals surface area (Å²) in [6.07, 6.45) is 5.40. The van der Waals surface area contributed by atoms with Crippen LogP contribution in [0.5, 0.6) is 0 Å². The van der Waals surface area contributed by atoms with Gasteiger partial charge in [0.1, 0.15) is 0 Å². The molecule has 0 aromatic heterocycles. The Hall–Kier alpha value is -0.430. The lowest BCUT2D eigenvalue weighted by molar-refractivity contribution is 0.706. The zero-order valence-corrected chi connectivity index (χ0v) is 9.07. The van der Waals surface area contributed by atoms with Gasteiger partial charge in [0, 0.05) is 4.90 Å². The van der Waals surface area contributed by atoms with Crippen molar-refractivity contribution in [2.45, 2.75) is 37.5 Å². The fourth-order valence-electron chi connectivity index (χ4n) is 1.18. The molecule has 0 N–H and O–H groups in total. The fraction of sp³-hybridized carbons (Fsp3) is 0.500. The van der Waals surface area contributed by atoms with E-state index in [0.29, 0.717) is 0 Å². The standard InChI is InChI=1S/C12H17S/c1-2-3-4-8-11-13-12-9-6-5-7-10-12/h5-7,9H,2-4,8,11H2,1H3. The molecule has 0 aliphatic heterocycles. The van der Waals surface area contributed by atoms with Gasteiger partial charge in [0.05, 0.1) is 0 Å². The predicted molar refractivity (Wildman–Crippen MR) is 60.1 cm³/mol. The van der Waals surface area contributed by atoms with Gasteiger partial charge in [0.15, 0.2) is 0 Å². The molecule has 71 valence electrons. The molecule has 0 heterocycles. The first kappa shape index (κ1) is 10.6. The van der Waals surface area contributed by atoms with Crippen molar-refractivity contribution in [2.75, 3.05) is 5.75 Å². The second-order valence-electron chi connectivity index (χ2n) is 3.14. The van der Waals surface area contributed by atoms with Crippen molar-refractivity contribution in [3.8, 4) is 0 Å². The van der Waals surface area contributed by atoms with Gasteiger partial charge in [-0.15, -0.1) is 11.8 Å². The third kappa shape index (κ3) is 4.99. The van der Waals surface area contributed by atoms with Gasteiger partial charge in [0.2, 0.25) is 0 Å². The lowest BCUT2D eigenvalue weighted by Crippen LogP contribution is -1.80. The van der Waals surface area contributed by atoms with E-state index in [1.54, 1.807) is 0 Å². The highest BCUT2D eigenvalue weighted by atomic mass is 32.2. The van der Waals surface area contributed by atoms with Crippen LogP contribution >= 0.6 is 11.8 Å². The highest BCUT2D eigenvalue weighted by Crippen LogP contribution is 2.18. The van der Waals surface area contributed by atoms with Crippen LogP contribution in [0.15, 0.2) is 29.2 Å². The summed E-state index contributed by atoms with van der Waals surface area (Å²) in [6, 6.07) is 11.4. The Balaban J connectivity index is 2.07. The summed E-state index contributed by atoms with van der Waals surface area (Å²) in [5.74, 6) is 1.24. The van der Waals surface area contributed by atoms with Gasteiger partial charge in [0.25, 0.3) is 0 Å². The molecular weight excluding hydrogens is 176 g/mol.